The third kappa shape index (κ3) is 7.03. The van der Waals surface area contributed by atoms with Crippen LogP contribution in [0.1, 0.15) is 113 Å². The first kappa shape index (κ1) is 32.1. The SMILES string of the molecule is CCCC[C@H]1CN(CC2CCC(OCC)CC2)C(=O)OC12CCN(C1(C)CCN(C(=O)c3c(C)ncnc3C)CC1)CC2. The van der Waals surface area contributed by atoms with Gasteiger partial charge in [-0.2, -0.15) is 0 Å². The van der Waals surface area contributed by atoms with Gasteiger partial charge in [-0.25, -0.2) is 14.8 Å². The number of nitrogens with zero attached hydrogens (tertiary/aromatic N) is 5. The van der Waals surface area contributed by atoms with E-state index in [-0.39, 0.29) is 23.1 Å². The molecule has 3 saturated heterocycles. The maximum absolute atomic E-state index is 13.5. The topological polar surface area (TPSA) is 88.1 Å². The van der Waals surface area contributed by atoms with Gasteiger partial charge in [-0.1, -0.05) is 19.8 Å². The molecule has 4 fully saturated rings. The van der Waals surface area contributed by atoms with Crippen LogP contribution in [0.3, 0.4) is 0 Å². The summed E-state index contributed by atoms with van der Waals surface area (Å²) in [5, 5.41) is 0. The van der Waals surface area contributed by atoms with Gasteiger partial charge in [0.05, 0.1) is 23.1 Å². The predicted molar refractivity (Wildman–Crippen MR) is 167 cm³/mol. The summed E-state index contributed by atoms with van der Waals surface area (Å²) >= 11 is 0. The molecule has 0 bridgehead atoms. The van der Waals surface area contributed by atoms with Crippen molar-refractivity contribution in [2.24, 2.45) is 11.8 Å². The zero-order chi connectivity index (χ0) is 30.6. The molecule has 1 saturated carbocycles. The van der Waals surface area contributed by atoms with Gasteiger partial charge in [-0.3, -0.25) is 9.69 Å². The van der Waals surface area contributed by atoms with Crippen LogP contribution in [-0.2, 0) is 9.47 Å². The number of likely N-dealkylation sites (tertiary alicyclic amines) is 2. The van der Waals surface area contributed by atoms with E-state index >= 15 is 0 Å². The van der Waals surface area contributed by atoms with E-state index in [1.165, 1.54) is 12.7 Å². The monoisotopic (exact) mass is 597 g/mol. The van der Waals surface area contributed by atoms with Crippen molar-refractivity contribution in [2.45, 2.75) is 122 Å². The lowest BCUT2D eigenvalue weighted by atomic mass is 9.74. The number of unbranched alkanes of at least 4 members (excludes halogenated alkanes) is 1. The molecule has 5 rings (SSSR count). The maximum Gasteiger partial charge on any atom is 0.410 e. The molecule has 0 unspecified atom stereocenters. The summed E-state index contributed by atoms with van der Waals surface area (Å²) in [6, 6.07) is 0. The Labute approximate surface area is 259 Å². The molecule has 1 atom stereocenters. The molecule has 240 valence electrons. The van der Waals surface area contributed by atoms with E-state index < -0.39 is 0 Å². The van der Waals surface area contributed by atoms with E-state index in [0.717, 1.165) is 121 Å². The number of amides is 2. The van der Waals surface area contributed by atoms with Gasteiger partial charge in [-0.05, 0) is 78.6 Å². The number of hydrogen-bond acceptors (Lipinski definition) is 7. The van der Waals surface area contributed by atoms with Crippen LogP contribution in [0.2, 0.25) is 0 Å². The highest BCUT2D eigenvalue weighted by Crippen LogP contribution is 2.44. The Bertz CT molecular complexity index is 1080. The van der Waals surface area contributed by atoms with Crippen LogP contribution in [0.5, 0.6) is 0 Å². The minimum absolute atomic E-state index is 0.0413. The summed E-state index contributed by atoms with van der Waals surface area (Å²) in [5.41, 5.74) is 1.84. The Balaban J connectivity index is 1.17. The molecule has 2 amide bonds. The van der Waals surface area contributed by atoms with Gasteiger partial charge in [0.15, 0.2) is 0 Å². The van der Waals surface area contributed by atoms with E-state index in [0.29, 0.717) is 23.5 Å². The second-order valence-corrected chi connectivity index (χ2v) is 14.0. The number of rotatable bonds is 9. The Morgan fingerprint density at radius 2 is 1.65 bits per heavy atom. The zero-order valence-electron chi connectivity index (χ0n) is 27.4. The second kappa shape index (κ2) is 13.8. The van der Waals surface area contributed by atoms with Crippen LogP contribution in [0.4, 0.5) is 4.79 Å². The standard InChI is InChI=1S/C34H55N5O4/c1-6-8-9-28-23-38(22-27-10-12-29(13-11-27)42-7-2)32(41)43-34(28)16-20-39(21-17-34)33(5)14-18-37(19-15-33)31(40)30-25(3)35-24-36-26(30)4/h24,27-29H,6-23H2,1-5H3/t27?,28-,29?/m0/s1. The first-order chi connectivity index (χ1) is 20.7. The molecule has 1 aromatic heterocycles. The minimum Gasteiger partial charge on any atom is -0.442 e. The number of carbonyl (C=O) groups is 2. The Morgan fingerprint density at radius 3 is 2.26 bits per heavy atom. The number of aryl methyl sites for hydroxylation is 2. The molecule has 9 heteroatoms. The molecule has 4 heterocycles. The van der Waals surface area contributed by atoms with Gasteiger partial charge in [0.25, 0.3) is 5.91 Å². The van der Waals surface area contributed by atoms with Gasteiger partial charge in [-0.15, -0.1) is 0 Å². The van der Waals surface area contributed by atoms with Crippen LogP contribution in [0, 0.1) is 25.7 Å². The molecule has 1 spiro atoms. The van der Waals surface area contributed by atoms with Gasteiger partial charge >= 0.3 is 6.09 Å². The summed E-state index contributed by atoms with van der Waals surface area (Å²) in [5.74, 6) is 0.987. The molecular weight excluding hydrogens is 542 g/mol. The van der Waals surface area contributed by atoms with Crippen LogP contribution in [0.15, 0.2) is 6.33 Å². The van der Waals surface area contributed by atoms with E-state index in [1.807, 2.05) is 23.6 Å². The summed E-state index contributed by atoms with van der Waals surface area (Å²) < 4.78 is 12.3. The molecule has 0 aromatic carbocycles. The van der Waals surface area contributed by atoms with Crippen molar-refractivity contribution in [3.63, 3.8) is 0 Å². The van der Waals surface area contributed by atoms with E-state index in [1.54, 1.807) is 0 Å². The number of hydrogen-bond donors (Lipinski definition) is 0. The molecule has 3 aliphatic heterocycles. The summed E-state index contributed by atoms with van der Waals surface area (Å²) in [7, 11) is 0. The lowest BCUT2D eigenvalue weighted by Crippen LogP contribution is -2.64. The summed E-state index contributed by atoms with van der Waals surface area (Å²) in [4.78, 5) is 42.0. The molecule has 0 N–H and O–H groups in total. The van der Waals surface area contributed by atoms with Crippen molar-refractivity contribution < 1.29 is 19.1 Å². The van der Waals surface area contributed by atoms with Crippen molar-refractivity contribution in [1.29, 1.82) is 0 Å². The lowest BCUT2D eigenvalue weighted by molar-refractivity contribution is -0.135. The fraction of sp³-hybridized carbons (Fsp3) is 0.824. The largest absolute Gasteiger partial charge is 0.442 e. The lowest BCUT2D eigenvalue weighted by Gasteiger charge is -2.55. The fourth-order valence-corrected chi connectivity index (χ4v) is 8.31. The van der Waals surface area contributed by atoms with Crippen LogP contribution >= 0.6 is 0 Å². The third-order valence-corrected chi connectivity index (χ3v) is 11.3. The van der Waals surface area contributed by atoms with Gasteiger partial charge < -0.3 is 19.3 Å². The summed E-state index contributed by atoms with van der Waals surface area (Å²) in [6.07, 6.45) is 13.4. The molecule has 9 nitrogen and oxygen atoms in total. The highest BCUT2D eigenvalue weighted by Gasteiger charge is 2.51. The van der Waals surface area contributed by atoms with Crippen molar-refractivity contribution in [1.82, 2.24) is 24.7 Å². The fourth-order valence-electron chi connectivity index (χ4n) is 8.31. The van der Waals surface area contributed by atoms with E-state index in [2.05, 4.69) is 35.6 Å². The zero-order valence-corrected chi connectivity index (χ0v) is 27.4. The van der Waals surface area contributed by atoms with Crippen molar-refractivity contribution in [2.75, 3.05) is 45.9 Å². The quantitative estimate of drug-likeness (QED) is 0.357. The van der Waals surface area contributed by atoms with Crippen LogP contribution in [0.25, 0.3) is 0 Å². The molecule has 43 heavy (non-hydrogen) atoms. The molecule has 4 aliphatic rings. The van der Waals surface area contributed by atoms with Gasteiger partial charge in [0, 0.05) is 70.2 Å². The van der Waals surface area contributed by atoms with Crippen molar-refractivity contribution in [3.8, 4) is 0 Å². The smallest absolute Gasteiger partial charge is 0.410 e. The minimum atomic E-state index is -0.346. The van der Waals surface area contributed by atoms with Crippen LogP contribution in [-0.4, -0.2) is 99.8 Å². The number of carbonyl (C=O) groups excluding carboxylic acids is 2. The van der Waals surface area contributed by atoms with Crippen LogP contribution < -0.4 is 0 Å². The average molecular weight is 598 g/mol. The van der Waals surface area contributed by atoms with Gasteiger partial charge in [0.1, 0.15) is 11.9 Å². The van der Waals surface area contributed by atoms with Crippen molar-refractivity contribution >= 4 is 12.0 Å². The number of ether oxygens (including phenoxy) is 2. The van der Waals surface area contributed by atoms with Gasteiger partial charge in [0.2, 0.25) is 0 Å². The van der Waals surface area contributed by atoms with Crippen molar-refractivity contribution in [3.05, 3.63) is 23.3 Å². The Kier molecular flexibility index (Phi) is 10.3. The first-order valence-corrected chi connectivity index (χ1v) is 17.1. The molecule has 1 aliphatic carbocycles. The third-order valence-electron chi connectivity index (χ3n) is 11.3. The molecule has 0 radical (unpaired) electrons. The highest BCUT2D eigenvalue weighted by molar-refractivity contribution is 5.96. The van der Waals surface area contributed by atoms with E-state index in [9.17, 15) is 9.59 Å². The number of piperidine rings is 2. The number of aromatic nitrogens is 2. The summed E-state index contributed by atoms with van der Waals surface area (Å²) in [6.45, 7) is 16.2. The second-order valence-electron chi connectivity index (χ2n) is 14.0. The first-order valence-electron chi connectivity index (χ1n) is 17.1. The Morgan fingerprint density at radius 1 is 1.00 bits per heavy atom. The predicted octanol–water partition coefficient (Wildman–Crippen LogP) is 5.78. The molecule has 1 aromatic rings. The molecular formula is C34H55N5O4. The average Bonchev–Trinajstić information content (AvgIpc) is 2.99. The maximum atomic E-state index is 13.5. The highest BCUT2D eigenvalue weighted by atomic mass is 16.6. The normalized spacial score (nSPS) is 27.7. The van der Waals surface area contributed by atoms with E-state index in [4.69, 9.17) is 9.47 Å². The Hall–Kier alpha value is -2.26.